The molecule has 21 heavy (non-hydrogen) atoms. The monoisotopic (exact) mass is 312 g/mol. The van der Waals surface area contributed by atoms with Crippen molar-refractivity contribution in [2.24, 2.45) is 0 Å². The lowest BCUT2D eigenvalue weighted by atomic mass is 9.93. The highest BCUT2D eigenvalue weighted by atomic mass is 35.5. The van der Waals surface area contributed by atoms with Gasteiger partial charge in [-0.2, -0.15) is 0 Å². The second kappa shape index (κ2) is 7.66. The molecule has 4 nitrogen and oxygen atoms in total. The highest BCUT2D eigenvalue weighted by Crippen LogP contribution is 2.23. The number of benzene rings is 1. The largest absolute Gasteiger partial charge is 0.497 e. The zero-order valence-electron chi connectivity index (χ0n) is 13.0. The molecular formula is C16H25ClN2O2. The van der Waals surface area contributed by atoms with Crippen molar-refractivity contribution in [2.75, 3.05) is 13.7 Å². The summed E-state index contributed by atoms with van der Waals surface area (Å²) >= 11 is 0. The Hall–Kier alpha value is -1.26. The van der Waals surface area contributed by atoms with Crippen molar-refractivity contribution in [3.8, 4) is 5.75 Å². The molecule has 1 aliphatic rings. The van der Waals surface area contributed by atoms with Gasteiger partial charge >= 0.3 is 0 Å². The minimum Gasteiger partial charge on any atom is -0.497 e. The smallest absolute Gasteiger partial charge is 0.240 e. The fourth-order valence-electron chi connectivity index (χ4n) is 2.80. The van der Waals surface area contributed by atoms with Gasteiger partial charge in [0.25, 0.3) is 0 Å². The molecule has 1 atom stereocenters. The van der Waals surface area contributed by atoms with Crippen molar-refractivity contribution in [3.05, 3.63) is 29.3 Å². The van der Waals surface area contributed by atoms with Gasteiger partial charge in [0.1, 0.15) is 5.75 Å². The number of aryl methyl sites for hydroxylation is 1. The summed E-state index contributed by atoms with van der Waals surface area (Å²) in [6, 6.07) is 5.93. The topological polar surface area (TPSA) is 50.4 Å². The van der Waals surface area contributed by atoms with Crippen LogP contribution in [0.5, 0.6) is 5.75 Å². The lowest BCUT2D eigenvalue weighted by Crippen LogP contribution is -2.52. The SMILES string of the molecule is CCC1(C(=O)NCc2ccc(OC)cc2C)CCCN1.Cl. The molecule has 1 unspecified atom stereocenters. The van der Waals surface area contributed by atoms with E-state index in [1.54, 1.807) is 7.11 Å². The number of halogens is 1. The third-order valence-corrected chi connectivity index (χ3v) is 4.27. The Bertz CT molecular complexity index is 485. The van der Waals surface area contributed by atoms with Crippen LogP contribution in [0.3, 0.4) is 0 Å². The fraction of sp³-hybridized carbons (Fsp3) is 0.562. The Labute approximate surface area is 133 Å². The number of methoxy groups -OCH3 is 1. The second-order valence-corrected chi connectivity index (χ2v) is 5.44. The summed E-state index contributed by atoms with van der Waals surface area (Å²) in [5, 5.41) is 6.43. The summed E-state index contributed by atoms with van der Waals surface area (Å²) in [6.07, 6.45) is 2.83. The third-order valence-electron chi connectivity index (χ3n) is 4.27. The van der Waals surface area contributed by atoms with Crippen molar-refractivity contribution >= 4 is 18.3 Å². The van der Waals surface area contributed by atoms with Gasteiger partial charge in [-0.15, -0.1) is 12.4 Å². The molecule has 0 aliphatic carbocycles. The minimum absolute atomic E-state index is 0. The molecule has 0 aromatic heterocycles. The molecular weight excluding hydrogens is 288 g/mol. The van der Waals surface area contributed by atoms with Crippen molar-refractivity contribution in [1.29, 1.82) is 0 Å². The van der Waals surface area contributed by atoms with Gasteiger partial charge in [-0.05, 0) is 56.0 Å². The maximum Gasteiger partial charge on any atom is 0.240 e. The second-order valence-electron chi connectivity index (χ2n) is 5.44. The predicted octanol–water partition coefficient (Wildman–Crippen LogP) is 2.57. The van der Waals surface area contributed by atoms with Crippen molar-refractivity contribution < 1.29 is 9.53 Å². The molecule has 0 radical (unpaired) electrons. The quantitative estimate of drug-likeness (QED) is 0.878. The van der Waals surface area contributed by atoms with E-state index in [-0.39, 0.29) is 23.9 Å². The molecule has 1 aromatic rings. The lowest BCUT2D eigenvalue weighted by Gasteiger charge is -2.26. The Morgan fingerprint density at radius 3 is 2.76 bits per heavy atom. The fourth-order valence-corrected chi connectivity index (χ4v) is 2.80. The Morgan fingerprint density at radius 1 is 1.48 bits per heavy atom. The number of nitrogens with one attached hydrogen (secondary N) is 2. The van der Waals surface area contributed by atoms with Gasteiger partial charge in [-0.3, -0.25) is 4.79 Å². The van der Waals surface area contributed by atoms with E-state index >= 15 is 0 Å². The zero-order valence-corrected chi connectivity index (χ0v) is 13.8. The first-order valence-corrected chi connectivity index (χ1v) is 7.28. The van der Waals surface area contributed by atoms with Gasteiger partial charge in [0.15, 0.2) is 0 Å². The Kier molecular flexibility index (Phi) is 6.49. The maximum absolute atomic E-state index is 12.4. The molecule has 0 spiro atoms. The van der Waals surface area contributed by atoms with E-state index in [0.29, 0.717) is 6.54 Å². The number of hydrogen-bond acceptors (Lipinski definition) is 3. The van der Waals surface area contributed by atoms with Gasteiger partial charge < -0.3 is 15.4 Å². The van der Waals surface area contributed by atoms with E-state index in [9.17, 15) is 4.79 Å². The molecule has 5 heteroatoms. The standard InChI is InChI=1S/C16H24N2O2.ClH/c1-4-16(8-5-9-18-16)15(19)17-11-13-6-7-14(20-3)10-12(13)2;/h6-7,10,18H,4-5,8-9,11H2,1-3H3,(H,17,19);1H. The lowest BCUT2D eigenvalue weighted by molar-refractivity contribution is -0.127. The predicted molar refractivity (Wildman–Crippen MR) is 87.1 cm³/mol. The van der Waals surface area contributed by atoms with Crippen molar-refractivity contribution in [3.63, 3.8) is 0 Å². The first-order valence-electron chi connectivity index (χ1n) is 7.28. The molecule has 1 saturated heterocycles. The maximum atomic E-state index is 12.4. The summed E-state index contributed by atoms with van der Waals surface area (Å²) in [7, 11) is 1.66. The van der Waals surface area contributed by atoms with Crippen LogP contribution in [0.4, 0.5) is 0 Å². The van der Waals surface area contributed by atoms with Gasteiger partial charge in [-0.1, -0.05) is 13.0 Å². The first kappa shape index (κ1) is 17.8. The number of hydrogen-bond donors (Lipinski definition) is 2. The number of carbonyl (C=O) groups is 1. The highest BCUT2D eigenvalue weighted by Gasteiger charge is 2.38. The van der Waals surface area contributed by atoms with Crippen LogP contribution in [0.1, 0.15) is 37.3 Å². The Balaban J connectivity index is 0.00000220. The van der Waals surface area contributed by atoms with E-state index in [1.807, 2.05) is 25.1 Å². The average Bonchev–Trinajstić information content (AvgIpc) is 2.95. The molecule has 2 rings (SSSR count). The van der Waals surface area contributed by atoms with Crippen LogP contribution in [0.25, 0.3) is 0 Å². The molecule has 0 bridgehead atoms. The molecule has 1 fully saturated rings. The Morgan fingerprint density at radius 2 is 2.24 bits per heavy atom. The van der Waals surface area contributed by atoms with Crippen LogP contribution in [-0.4, -0.2) is 25.1 Å². The van der Waals surface area contributed by atoms with Crippen LogP contribution in [0.2, 0.25) is 0 Å². The number of ether oxygens (including phenoxy) is 1. The van der Waals surface area contributed by atoms with Crippen LogP contribution >= 0.6 is 12.4 Å². The van der Waals surface area contributed by atoms with E-state index in [0.717, 1.165) is 42.7 Å². The molecule has 1 aliphatic heterocycles. The minimum atomic E-state index is -0.361. The summed E-state index contributed by atoms with van der Waals surface area (Å²) in [6.45, 7) is 5.60. The van der Waals surface area contributed by atoms with E-state index < -0.39 is 0 Å². The van der Waals surface area contributed by atoms with Gasteiger partial charge in [0, 0.05) is 6.54 Å². The molecule has 1 heterocycles. The molecule has 0 saturated carbocycles. The summed E-state index contributed by atoms with van der Waals surface area (Å²) in [5.41, 5.74) is 1.90. The van der Waals surface area contributed by atoms with E-state index in [4.69, 9.17) is 4.74 Å². The first-order chi connectivity index (χ1) is 9.61. The van der Waals surface area contributed by atoms with Crippen molar-refractivity contribution in [1.82, 2.24) is 10.6 Å². The molecule has 118 valence electrons. The third kappa shape index (κ3) is 3.89. The number of amides is 1. The molecule has 1 aromatic carbocycles. The van der Waals surface area contributed by atoms with Crippen LogP contribution in [0.15, 0.2) is 18.2 Å². The van der Waals surface area contributed by atoms with Crippen LogP contribution < -0.4 is 15.4 Å². The van der Waals surface area contributed by atoms with Gasteiger partial charge in [0.2, 0.25) is 5.91 Å². The summed E-state index contributed by atoms with van der Waals surface area (Å²) < 4.78 is 5.19. The van der Waals surface area contributed by atoms with Crippen molar-refractivity contribution in [2.45, 2.75) is 45.2 Å². The van der Waals surface area contributed by atoms with Crippen LogP contribution in [-0.2, 0) is 11.3 Å². The number of rotatable bonds is 5. The number of carbonyl (C=O) groups excluding carboxylic acids is 1. The van der Waals surface area contributed by atoms with Crippen LogP contribution in [0, 0.1) is 6.92 Å². The summed E-state index contributed by atoms with van der Waals surface area (Å²) in [4.78, 5) is 12.4. The summed E-state index contributed by atoms with van der Waals surface area (Å²) in [5.74, 6) is 0.966. The van der Waals surface area contributed by atoms with E-state index in [1.165, 1.54) is 0 Å². The normalized spacial score (nSPS) is 20.7. The molecule has 2 N–H and O–H groups in total. The molecule has 1 amide bonds. The highest BCUT2D eigenvalue weighted by molar-refractivity contribution is 5.86. The average molecular weight is 313 g/mol. The zero-order chi connectivity index (χ0) is 14.6. The van der Waals surface area contributed by atoms with E-state index in [2.05, 4.69) is 17.6 Å². The van der Waals surface area contributed by atoms with Gasteiger partial charge in [0.05, 0.1) is 12.6 Å². The van der Waals surface area contributed by atoms with Gasteiger partial charge in [-0.25, -0.2) is 0 Å².